The first kappa shape index (κ1) is 19.6. The number of pyridine rings is 1. The van der Waals surface area contributed by atoms with Crippen LogP contribution in [-0.2, 0) is 6.61 Å². The quantitative estimate of drug-likeness (QED) is 0.653. The number of nitrogens with one attached hydrogen (secondary N) is 1. The Hall–Kier alpha value is -3.19. The third-order valence-electron chi connectivity index (χ3n) is 4.24. The van der Waals surface area contributed by atoms with Crippen molar-refractivity contribution in [1.82, 2.24) is 15.5 Å². The molecule has 0 unspecified atom stereocenters. The van der Waals surface area contributed by atoms with Gasteiger partial charge in [0.25, 0.3) is 5.91 Å². The second-order valence-corrected chi connectivity index (χ2v) is 7.10. The lowest BCUT2D eigenvalue weighted by atomic mass is 10.1. The van der Waals surface area contributed by atoms with E-state index in [1.807, 2.05) is 37.3 Å². The maximum absolute atomic E-state index is 12.2. The van der Waals surface area contributed by atoms with Gasteiger partial charge in [-0.25, -0.2) is 4.98 Å². The summed E-state index contributed by atoms with van der Waals surface area (Å²) in [5, 5.41) is 16.1. The monoisotopic (exact) mass is 381 g/mol. The van der Waals surface area contributed by atoms with Crippen LogP contribution in [0.2, 0.25) is 0 Å². The lowest BCUT2D eigenvalue weighted by Crippen LogP contribution is -2.46. The molecule has 0 spiro atoms. The summed E-state index contributed by atoms with van der Waals surface area (Å²) < 4.78 is 11.1. The molecule has 7 nitrogen and oxygen atoms in total. The minimum atomic E-state index is -0.702. The van der Waals surface area contributed by atoms with Crippen molar-refractivity contribution >= 4 is 5.91 Å². The Kier molecular flexibility index (Phi) is 5.75. The van der Waals surface area contributed by atoms with Crippen molar-refractivity contribution in [3.05, 3.63) is 65.5 Å². The minimum absolute atomic E-state index is 0.158. The summed E-state index contributed by atoms with van der Waals surface area (Å²) in [4.78, 5) is 16.4. The number of hydrogen-bond donors (Lipinski definition) is 2. The Bertz CT molecular complexity index is 934. The number of aryl methyl sites for hydroxylation is 1. The van der Waals surface area contributed by atoms with Crippen molar-refractivity contribution in [1.29, 1.82) is 0 Å². The fourth-order valence-corrected chi connectivity index (χ4v) is 2.55. The summed E-state index contributed by atoms with van der Waals surface area (Å²) in [5.74, 6) is 0.762. The van der Waals surface area contributed by atoms with Crippen LogP contribution in [0, 0.1) is 6.92 Å². The van der Waals surface area contributed by atoms with Gasteiger partial charge in [-0.15, -0.1) is 0 Å². The van der Waals surface area contributed by atoms with Gasteiger partial charge in [-0.05, 0) is 26.8 Å². The number of carbonyl (C=O) groups is 1. The van der Waals surface area contributed by atoms with E-state index in [1.54, 1.807) is 26.0 Å². The van der Waals surface area contributed by atoms with Crippen molar-refractivity contribution in [3.8, 4) is 17.1 Å². The molecule has 2 N–H and O–H groups in total. The Morgan fingerprint density at radius 3 is 2.61 bits per heavy atom. The van der Waals surface area contributed by atoms with Gasteiger partial charge in [-0.2, -0.15) is 0 Å². The predicted octanol–water partition coefficient (Wildman–Crippen LogP) is 3.12. The third kappa shape index (κ3) is 4.55. The molecule has 0 bridgehead atoms. The highest BCUT2D eigenvalue weighted by Gasteiger charge is 2.20. The van der Waals surface area contributed by atoms with Crippen molar-refractivity contribution in [2.24, 2.45) is 0 Å². The van der Waals surface area contributed by atoms with Crippen LogP contribution in [-0.4, -0.2) is 33.3 Å². The molecule has 0 atom stereocenters. The van der Waals surface area contributed by atoms with Crippen LogP contribution in [0.3, 0.4) is 0 Å². The molecule has 0 saturated heterocycles. The van der Waals surface area contributed by atoms with Crippen LogP contribution in [0.4, 0.5) is 0 Å². The number of aliphatic hydroxyl groups excluding tert-OH is 1. The summed E-state index contributed by atoms with van der Waals surface area (Å²) in [6.07, 6.45) is 1.44. The highest BCUT2D eigenvalue weighted by atomic mass is 16.5. The highest BCUT2D eigenvalue weighted by Crippen LogP contribution is 2.26. The molecule has 0 aliphatic rings. The fourth-order valence-electron chi connectivity index (χ4n) is 2.55. The van der Waals surface area contributed by atoms with E-state index in [4.69, 9.17) is 9.26 Å². The zero-order valence-corrected chi connectivity index (χ0v) is 16.1. The van der Waals surface area contributed by atoms with Crippen LogP contribution >= 0.6 is 0 Å². The van der Waals surface area contributed by atoms with Crippen LogP contribution in [0.25, 0.3) is 11.3 Å². The smallest absolute Gasteiger partial charge is 0.253 e. The largest absolute Gasteiger partial charge is 0.473 e. The van der Waals surface area contributed by atoms with E-state index in [1.165, 1.54) is 6.20 Å². The maximum atomic E-state index is 12.2. The van der Waals surface area contributed by atoms with Crippen molar-refractivity contribution < 1.29 is 19.2 Å². The predicted molar refractivity (Wildman–Crippen MR) is 104 cm³/mol. The molecule has 0 fully saturated rings. The van der Waals surface area contributed by atoms with Crippen LogP contribution in [0.15, 0.2) is 53.2 Å². The number of nitrogens with zero attached hydrogens (tertiary/aromatic N) is 2. The Morgan fingerprint density at radius 1 is 1.21 bits per heavy atom. The minimum Gasteiger partial charge on any atom is -0.473 e. The van der Waals surface area contributed by atoms with E-state index in [0.717, 1.165) is 16.8 Å². The second-order valence-electron chi connectivity index (χ2n) is 7.10. The molecule has 0 saturated carbocycles. The molecular weight excluding hydrogens is 358 g/mol. The molecule has 2 heterocycles. The first-order valence-electron chi connectivity index (χ1n) is 8.92. The lowest BCUT2D eigenvalue weighted by molar-refractivity contribution is 0.0869. The van der Waals surface area contributed by atoms with E-state index in [2.05, 4.69) is 15.5 Å². The topological polar surface area (TPSA) is 97.5 Å². The van der Waals surface area contributed by atoms with Gasteiger partial charge in [0.1, 0.15) is 18.1 Å². The van der Waals surface area contributed by atoms with E-state index in [9.17, 15) is 9.90 Å². The molecule has 1 aromatic carbocycles. The molecule has 3 rings (SSSR count). The van der Waals surface area contributed by atoms with Gasteiger partial charge in [0, 0.05) is 17.8 Å². The number of carbonyl (C=O) groups excluding carboxylic acids is 1. The van der Waals surface area contributed by atoms with E-state index >= 15 is 0 Å². The van der Waals surface area contributed by atoms with Gasteiger partial charge in [-0.1, -0.05) is 35.5 Å². The van der Waals surface area contributed by atoms with E-state index in [0.29, 0.717) is 17.2 Å². The standard InChI is InChI=1S/C21H23N3O4/c1-14-17(19(24-28-14)15-7-5-4-6-8-15)12-27-18-10-9-16(11-22-18)20(26)23-21(2,3)13-25/h4-11,25H,12-13H2,1-3H3,(H,23,26). The summed E-state index contributed by atoms with van der Waals surface area (Å²) >= 11 is 0. The number of aliphatic hydroxyl groups is 1. The summed E-state index contributed by atoms with van der Waals surface area (Å²) in [5.41, 5.74) is 2.22. The van der Waals surface area contributed by atoms with Crippen LogP contribution in [0.5, 0.6) is 5.88 Å². The zero-order chi connectivity index (χ0) is 20.1. The third-order valence-corrected chi connectivity index (χ3v) is 4.24. The average Bonchev–Trinajstić information content (AvgIpc) is 3.07. The number of ether oxygens (including phenoxy) is 1. The summed E-state index contributed by atoms with van der Waals surface area (Å²) in [7, 11) is 0. The zero-order valence-electron chi connectivity index (χ0n) is 16.1. The fraction of sp³-hybridized carbons (Fsp3) is 0.286. The molecule has 2 aromatic heterocycles. The summed E-state index contributed by atoms with van der Waals surface area (Å²) in [6.45, 7) is 5.40. The molecule has 3 aromatic rings. The van der Waals surface area contributed by atoms with Crippen LogP contribution in [0.1, 0.15) is 35.5 Å². The Labute approximate surface area is 163 Å². The van der Waals surface area contributed by atoms with E-state index in [-0.39, 0.29) is 19.1 Å². The molecule has 1 amide bonds. The van der Waals surface area contributed by atoms with Gasteiger partial charge >= 0.3 is 0 Å². The van der Waals surface area contributed by atoms with Crippen molar-refractivity contribution in [2.75, 3.05) is 6.61 Å². The van der Waals surface area contributed by atoms with Gasteiger partial charge in [0.05, 0.1) is 23.3 Å². The number of amides is 1. The summed E-state index contributed by atoms with van der Waals surface area (Å²) in [6, 6.07) is 13.0. The first-order valence-corrected chi connectivity index (χ1v) is 8.92. The molecule has 0 aliphatic carbocycles. The molecule has 28 heavy (non-hydrogen) atoms. The second kappa shape index (κ2) is 8.22. The van der Waals surface area contributed by atoms with E-state index < -0.39 is 5.54 Å². The average molecular weight is 381 g/mol. The highest BCUT2D eigenvalue weighted by molar-refractivity contribution is 5.94. The Morgan fingerprint density at radius 2 is 1.96 bits per heavy atom. The van der Waals surface area contributed by atoms with Crippen LogP contribution < -0.4 is 10.1 Å². The van der Waals surface area contributed by atoms with Crippen molar-refractivity contribution in [2.45, 2.75) is 32.9 Å². The molecule has 0 aliphatic heterocycles. The van der Waals surface area contributed by atoms with Gasteiger partial charge in [0.15, 0.2) is 0 Å². The van der Waals surface area contributed by atoms with Gasteiger partial charge in [-0.3, -0.25) is 4.79 Å². The molecule has 0 radical (unpaired) electrons. The van der Waals surface area contributed by atoms with Gasteiger partial charge < -0.3 is 19.7 Å². The molecule has 7 heteroatoms. The lowest BCUT2D eigenvalue weighted by Gasteiger charge is -2.23. The maximum Gasteiger partial charge on any atom is 0.253 e. The Balaban J connectivity index is 1.68. The number of benzene rings is 1. The molecule has 146 valence electrons. The SMILES string of the molecule is Cc1onc(-c2ccccc2)c1COc1ccc(C(=O)NC(C)(C)CO)cn1. The van der Waals surface area contributed by atoms with Crippen molar-refractivity contribution in [3.63, 3.8) is 0 Å². The van der Waals surface area contributed by atoms with Gasteiger partial charge in [0.2, 0.25) is 5.88 Å². The number of hydrogen-bond acceptors (Lipinski definition) is 6. The molecular formula is C21H23N3O4. The first-order chi connectivity index (χ1) is 13.4. The number of rotatable bonds is 7. The normalized spacial score (nSPS) is 11.3. The number of aromatic nitrogens is 2.